The van der Waals surface area contributed by atoms with E-state index in [1.807, 2.05) is 57.2 Å². The van der Waals surface area contributed by atoms with Gasteiger partial charge in [0.25, 0.3) is 5.91 Å². The molecule has 0 radical (unpaired) electrons. The molecule has 0 aliphatic carbocycles. The maximum Gasteiger partial charge on any atom is 0.264 e. The van der Waals surface area contributed by atoms with Crippen LogP contribution in [-0.4, -0.2) is 35.6 Å². The highest BCUT2D eigenvalue weighted by molar-refractivity contribution is 5.86. The molecule has 1 aliphatic rings. The first-order chi connectivity index (χ1) is 13.0. The third-order valence-electron chi connectivity index (χ3n) is 5.15. The number of aryl methyl sites for hydroxylation is 2. The summed E-state index contributed by atoms with van der Waals surface area (Å²) in [7, 11) is 0. The molecule has 144 valence electrons. The molecule has 2 aromatic rings. The summed E-state index contributed by atoms with van der Waals surface area (Å²) >= 11 is 0. The average molecular weight is 367 g/mol. The van der Waals surface area contributed by atoms with Crippen molar-refractivity contribution in [2.75, 3.05) is 13.1 Å². The predicted octanol–water partition coefficient (Wildman–Crippen LogP) is 2.95. The van der Waals surface area contributed by atoms with E-state index in [1.165, 1.54) is 5.56 Å². The number of carbonyl (C=O) groups is 1. The van der Waals surface area contributed by atoms with Gasteiger partial charge in [-0.1, -0.05) is 23.8 Å². The number of ether oxygens (including phenoxy) is 1. The molecule has 27 heavy (non-hydrogen) atoms. The van der Waals surface area contributed by atoms with Crippen LogP contribution in [0.1, 0.15) is 36.6 Å². The number of hydrogen-bond donors (Lipinski definition) is 2. The first kappa shape index (κ1) is 19.4. The van der Waals surface area contributed by atoms with Gasteiger partial charge >= 0.3 is 0 Å². The van der Waals surface area contributed by atoms with Gasteiger partial charge in [0.2, 0.25) is 0 Å². The van der Waals surface area contributed by atoms with Crippen LogP contribution in [0, 0.1) is 13.8 Å². The van der Waals surface area contributed by atoms with Crippen LogP contribution in [-0.2, 0) is 11.2 Å². The van der Waals surface area contributed by atoms with Crippen LogP contribution in [0.4, 0.5) is 0 Å². The number of pyridine rings is 1. The molecule has 0 spiro atoms. The summed E-state index contributed by atoms with van der Waals surface area (Å²) in [5.74, 6) is 0.705. The zero-order chi connectivity index (χ0) is 19.3. The highest BCUT2D eigenvalue weighted by Crippen LogP contribution is 2.27. The summed E-state index contributed by atoms with van der Waals surface area (Å²) in [5, 5.41) is 6.49. The molecule has 2 heterocycles. The van der Waals surface area contributed by atoms with E-state index in [0.717, 1.165) is 30.1 Å². The van der Waals surface area contributed by atoms with Crippen LogP contribution in [0.5, 0.6) is 5.75 Å². The minimum Gasteiger partial charge on any atom is -0.477 e. The number of carbonyl (C=O) groups excluding carboxylic acids is 1. The molecule has 1 aromatic heterocycles. The van der Waals surface area contributed by atoms with Crippen LogP contribution in [0.2, 0.25) is 0 Å². The van der Waals surface area contributed by atoms with Crippen LogP contribution < -0.4 is 15.4 Å². The molecule has 1 aromatic carbocycles. The molecule has 1 atom stereocenters. The fraction of sp³-hybridized carbons (Fsp3) is 0.455. The van der Waals surface area contributed by atoms with Gasteiger partial charge in [-0.3, -0.25) is 9.78 Å². The molecule has 1 unspecified atom stereocenters. The lowest BCUT2D eigenvalue weighted by Gasteiger charge is -2.37. The zero-order valence-corrected chi connectivity index (χ0v) is 16.4. The summed E-state index contributed by atoms with van der Waals surface area (Å²) in [6.45, 7) is 7.65. The van der Waals surface area contributed by atoms with Gasteiger partial charge in [-0.2, -0.15) is 0 Å². The Morgan fingerprint density at radius 1 is 1.22 bits per heavy atom. The molecule has 1 fully saturated rings. The van der Waals surface area contributed by atoms with Crippen LogP contribution in [0.15, 0.2) is 42.6 Å². The summed E-state index contributed by atoms with van der Waals surface area (Å²) in [6, 6.07) is 11.9. The lowest BCUT2D eigenvalue weighted by molar-refractivity contribution is -0.139. The summed E-state index contributed by atoms with van der Waals surface area (Å²) in [6.07, 6.45) is 3.81. The Hall–Kier alpha value is -2.40. The average Bonchev–Trinajstić information content (AvgIpc) is 2.66. The van der Waals surface area contributed by atoms with Crippen LogP contribution in [0.25, 0.3) is 0 Å². The van der Waals surface area contributed by atoms with E-state index in [4.69, 9.17) is 4.74 Å². The van der Waals surface area contributed by atoms with E-state index in [9.17, 15) is 4.79 Å². The Kier molecular flexibility index (Phi) is 6.11. The number of benzene rings is 1. The molecule has 1 amide bonds. The largest absolute Gasteiger partial charge is 0.477 e. The fourth-order valence-electron chi connectivity index (χ4n) is 3.47. The second-order valence-electron chi connectivity index (χ2n) is 7.51. The van der Waals surface area contributed by atoms with Crippen molar-refractivity contribution in [2.45, 2.75) is 51.7 Å². The van der Waals surface area contributed by atoms with Gasteiger partial charge in [-0.05, 0) is 57.6 Å². The molecule has 0 saturated carbocycles. The Morgan fingerprint density at radius 3 is 2.59 bits per heavy atom. The number of amides is 1. The molecule has 2 N–H and O–H groups in total. The van der Waals surface area contributed by atoms with E-state index >= 15 is 0 Å². The van der Waals surface area contributed by atoms with Gasteiger partial charge < -0.3 is 15.4 Å². The molecule has 5 nitrogen and oxygen atoms in total. The van der Waals surface area contributed by atoms with Crippen molar-refractivity contribution in [3.63, 3.8) is 0 Å². The summed E-state index contributed by atoms with van der Waals surface area (Å²) < 4.78 is 6.27. The van der Waals surface area contributed by atoms with Gasteiger partial charge in [0, 0.05) is 37.2 Å². The number of hydrogen-bond acceptors (Lipinski definition) is 4. The number of piperidine rings is 1. The molecule has 0 bridgehead atoms. The SMILES string of the molecule is Cc1ccc(OC2(C(=O)NC(C)Cc3ncccc3C)CCNCC2)cc1. The molecular weight excluding hydrogens is 338 g/mol. The van der Waals surface area contributed by atoms with E-state index in [1.54, 1.807) is 6.20 Å². The number of rotatable bonds is 6. The van der Waals surface area contributed by atoms with Gasteiger partial charge in [-0.15, -0.1) is 0 Å². The Labute approximate surface area is 161 Å². The van der Waals surface area contributed by atoms with Gasteiger partial charge in [0.1, 0.15) is 5.75 Å². The lowest BCUT2D eigenvalue weighted by atomic mass is 9.90. The second-order valence-corrected chi connectivity index (χ2v) is 7.51. The number of nitrogens with one attached hydrogen (secondary N) is 2. The second kappa shape index (κ2) is 8.53. The van der Waals surface area contributed by atoms with Crippen molar-refractivity contribution in [1.82, 2.24) is 15.6 Å². The highest BCUT2D eigenvalue weighted by Gasteiger charge is 2.42. The Bertz CT molecular complexity index is 767. The maximum atomic E-state index is 13.2. The Morgan fingerprint density at radius 2 is 1.93 bits per heavy atom. The molecule has 1 aliphatic heterocycles. The molecule has 5 heteroatoms. The van der Waals surface area contributed by atoms with Crippen LogP contribution in [0.3, 0.4) is 0 Å². The van der Waals surface area contributed by atoms with E-state index in [-0.39, 0.29) is 11.9 Å². The predicted molar refractivity (Wildman–Crippen MR) is 107 cm³/mol. The zero-order valence-electron chi connectivity index (χ0n) is 16.4. The smallest absolute Gasteiger partial charge is 0.264 e. The molecular formula is C22H29N3O2. The first-order valence-corrected chi connectivity index (χ1v) is 9.66. The summed E-state index contributed by atoms with van der Waals surface area (Å²) in [4.78, 5) is 17.6. The van der Waals surface area contributed by atoms with Crippen molar-refractivity contribution < 1.29 is 9.53 Å². The third kappa shape index (κ3) is 4.86. The number of nitrogens with zero attached hydrogens (tertiary/aromatic N) is 1. The Balaban J connectivity index is 1.71. The van der Waals surface area contributed by atoms with E-state index < -0.39 is 5.60 Å². The van der Waals surface area contributed by atoms with Crippen LogP contribution >= 0.6 is 0 Å². The van der Waals surface area contributed by atoms with Crippen molar-refractivity contribution in [1.29, 1.82) is 0 Å². The van der Waals surface area contributed by atoms with E-state index in [2.05, 4.69) is 15.6 Å². The van der Waals surface area contributed by atoms with Gasteiger partial charge in [-0.25, -0.2) is 0 Å². The standard InChI is InChI=1S/C22H29N3O2/c1-16-6-8-19(9-7-16)27-22(10-13-23-14-11-22)21(26)25-18(3)15-20-17(2)5-4-12-24-20/h4-9,12,18,23H,10-11,13-15H2,1-3H3,(H,25,26). The monoisotopic (exact) mass is 367 g/mol. The lowest BCUT2D eigenvalue weighted by Crippen LogP contribution is -2.58. The van der Waals surface area contributed by atoms with Gasteiger partial charge in [0.15, 0.2) is 5.60 Å². The minimum atomic E-state index is -0.825. The molecule has 3 rings (SSSR count). The van der Waals surface area contributed by atoms with Crippen molar-refractivity contribution >= 4 is 5.91 Å². The first-order valence-electron chi connectivity index (χ1n) is 9.66. The minimum absolute atomic E-state index is 0.0144. The van der Waals surface area contributed by atoms with Crippen molar-refractivity contribution in [3.05, 3.63) is 59.4 Å². The third-order valence-corrected chi connectivity index (χ3v) is 5.15. The summed E-state index contributed by atoms with van der Waals surface area (Å²) in [5.41, 5.74) is 2.51. The topological polar surface area (TPSA) is 63.2 Å². The quantitative estimate of drug-likeness (QED) is 0.824. The van der Waals surface area contributed by atoms with Crippen molar-refractivity contribution in [3.8, 4) is 5.75 Å². The molecule has 1 saturated heterocycles. The fourth-order valence-corrected chi connectivity index (χ4v) is 3.47. The van der Waals surface area contributed by atoms with Gasteiger partial charge in [0.05, 0.1) is 0 Å². The highest BCUT2D eigenvalue weighted by atomic mass is 16.5. The van der Waals surface area contributed by atoms with E-state index in [0.29, 0.717) is 19.3 Å². The normalized spacial score (nSPS) is 17.1. The maximum absolute atomic E-state index is 13.2. The van der Waals surface area contributed by atoms with Crippen molar-refractivity contribution in [2.24, 2.45) is 0 Å². The number of aromatic nitrogens is 1.